The van der Waals surface area contributed by atoms with Gasteiger partial charge in [-0.2, -0.15) is 0 Å². The molecule has 0 radical (unpaired) electrons. The highest BCUT2D eigenvalue weighted by Crippen LogP contribution is 2.32. The second kappa shape index (κ2) is 8.00. The zero-order valence-corrected chi connectivity index (χ0v) is 17.1. The first-order valence-electron chi connectivity index (χ1n) is 8.18. The third-order valence-corrected chi connectivity index (χ3v) is 5.78. The van der Waals surface area contributed by atoms with E-state index in [0.29, 0.717) is 10.6 Å². The van der Waals surface area contributed by atoms with Gasteiger partial charge in [0.15, 0.2) is 0 Å². The summed E-state index contributed by atoms with van der Waals surface area (Å²) in [6.07, 6.45) is 1.33. The van der Waals surface area contributed by atoms with Crippen LogP contribution in [0.4, 0.5) is 0 Å². The number of amides is 1. The number of carbonyl (C=O) groups is 1. The van der Waals surface area contributed by atoms with Crippen molar-refractivity contribution in [2.75, 3.05) is 0 Å². The molecule has 1 aromatic heterocycles. The highest BCUT2D eigenvalue weighted by atomic mass is 35.5. The van der Waals surface area contributed by atoms with Crippen molar-refractivity contribution in [3.05, 3.63) is 92.3 Å². The van der Waals surface area contributed by atoms with Crippen molar-refractivity contribution in [3.8, 4) is 5.69 Å². The molecule has 0 bridgehead atoms. The lowest BCUT2D eigenvalue weighted by molar-refractivity contribution is -0.118. The fourth-order valence-corrected chi connectivity index (χ4v) is 4.15. The van der Waals surface area contributed by atoms with Crippen molar-refractivity contribution in [2.24, 2.45) is 10.9 Å². The van der Waals surface area contributed by atoms with Crippen molar-refractivity contribution in [1.82, 2.24) is 4.57 Å². The number of carbonyl (C=O) groups excluding carboxylic acids is 1. The maximum atomic E-state index is 12.3. The average Bonchev–Trinajstić information content (AvgIpc) is 2.63. The van der Waals surface area contributed by atoms with Gasteiger partial charge in [0, 0.05) is 22.3 Å². The van der Waals surface area contributed by atoms with Crippen LogP contribution in [0.2, 0.25) is 10.0 Å². The van der Waals surface area contributed by atoms with Gasteiger partial charge in [0.1, 0.15) is 4.90 Å². The van der Waals surface area contributed by atoms with E-state index in [9.17, 15) is 18.0 Å². The molecule has 0 spiro atoms. The summed E-state index contributed by atoms with van der Waals surface area (Å²) in [5, 5.41) is 5.88. The minimum absolute atomic E-state index is 0.0142. The molecule has 0 fully saturated rings. The van der Waals surface area contributed by atoms with Crippen molar-refractivity contribution < 1.29 is 13.2 Å². The number of primary sulfonamides is 1. The predicted octanol–water partition coefficient (Wildman–Crippen LogP) is 2.41. The molecule has 0 saturated carbocycles. The van der Waals surface area contributed by atoms with Crippen LogP contribution in [0, 0.1) is 0 Å². The monoisotopic (exact) mass is 451 g/mol. The van der Waals surface area contributed by atoms with Gasteiger partial charge in [-0.25, -0.2) is 13.6 Å². The molecule has 1 amide bonds. The second-order valence-corrected chi connectivity index (χ2v) is 8.56. The molecule has 3 rings (SSSR count). The number of benzene rings is 2. The summed E-state index contributed by atoms with van der Waals surface area (Å²) in [6, 6.07) is 13.2. The molecule has 1 heterocycles. The predicted molar refractivity (Wildman–Crippen MR) is 111 cm³/mol. The van der Waals surface area contributed by atoms with Crippen molar-refractivity contribution >= 4 is 39.1 Å². The molecular weight excluding hydrogens is 437 g/mol. The van der Waals surface area contributed by atoms with E-state index in [4.69, 9.17) is 34.1 Å². The molecule has 2 aromatic carbocycles. The van der Waals surface area contributed by atoms with Gasteiger partial charge in [0.2, 0.25) is 15.9 Å². The van der Waals surface area contributed by atoms with Crippen LogP contribution in [0.25, 0.3) is 5.69 Å². The Kier molecular flexibility index (Phi) is 5.81. The molecule has 0 aliphatic rings. The van der Waals surface area contributed by atoms with E-state index in [0.717, 1.165) is 10.6 Å². The van der Waals surface area contributed by atoms with Crippen LogP contribution in [-0.4, -0.2) is 18.9 Å². The molecular formula is C19H15Cl2N3O4S. The van der Waals surface area contributed by atoms with E-state index in [1.807, 2.05) is 0 Å². The quantitative estimate of drug-likeness (QED) is 0.617. The molecule has 1 unspecified atom stereocenters. The van der Waals surface area contributed by atoms with Crippen LogP contribution in [-0.2, 0) is 14.8 Å². The summed E-state index contributed by atoms with van der Waals surface area (Å²) in [5.41, 5.74) is 5.72. The molecule has 29 heavy (non-hydrogen) atoms. The Morgan fingerprint density at radius 1 is 1.03 bits per heavy atom. The Hall–Kier alpha value is -2.65. The molecule has 0 aliphatic carbocycles. The van der Waals surface area contributed by atoms with Gasteiger partial charge >= 0.3 is 0 Å². The van der Waals surface area contributed by atoms with Crippen LogP contribution < -0.4 is 16.4 Å². The number of aromatic nitrogens is 1. The van der Waals surface area contributed by atoms with E-state index in [1.54, 1.807) is 24.3 Å². The fraction of sp³-hybridized carbons (Fsp3) is 0.0526. The lowest BCUT2D eigenvalue weighted by Crippen LogP contribution is -2.25. The van der Waals surface area contributed by atoms with Crippen molar-refractivity contribution in [3.63, 3.8) is 0 Å². The minimum Gasteiger partial charge on any atom is -0.369 e. The average molecular weight is 452 g/mol. The second-order valence-electron chi connectivity index (χ2n) is 6.18. The summed E-state index contributed by atoms with van der Waals surface area (Å²) in [4.78, 5) is 24.1. The van der Waals surface area contributed by atoms with Gasteiger partial charge in [0.25, 0.3) is 5.56 Å². The fourth-order valence-electron chi connectivity index (χ4n) is 3.00. The van der Waals surface area contributed by atoms with Crippen LogP contribution in [0.5, 0.6) is 0 Å². The number of primary amides is 1. The highest BCUT2D eigenvalue weighted by Gasteiger charge is 2.26. The largest absolute Gasteiger partial charge is 0.369 e. The first kappa shape index (κ1) is 21.1. The van der Waals surface area contributed by atoms with E-state index < -0.39 is 27.4 Å². The molecule has 4 N–H and O–H groups in total. The third kappa shape index (κ3) is 4.35. The number of halogens is 2. The summed E-state index contributed by atoms with van der Waals surface area (Å²) in [7, 11) is -4.26. The number of nitrogens with two attached hydrogens (primary N) is 2. The van der Waals surface area contributed by atoms with E-state index in [2.05, 4.69) is 0 Å². The Balaban J connectivity index is 2.27. The van der Waals surface area contributed by atoms with Gasteiger partial charge in [-0.3, -0.25) is 14.2 Å². The van der Waals surface area contributed by atoms with Crippen LogP contribution >= 0.6 is 23.2 Å². The van der Waals surface area contributed by atoms with Gasteiger partial charge in [-0.05, 0) is 35.4 Å². The summed E-state index contributed by atoms with van der Waals surface area (Å²) in [5.74, 6) is -1.74. The Labute approximate surface area is 176 Å². The third-order valence-electron chi connectivity index (χ3n) is 4.27. The molecule has 10 heteroatoms. The molecule has 1 atom stereocenters. The van der Waals surface area contributed by atoms with E-state index in [1.165, 1.54) is 30.5 Å². The zero-order valence-electron chi connectivity index (χ0n) is 14.7. The Morgan fingerprint density at radius 2 is 1.72 bits per heavy atom. The first-order chi connectivity index (χ1) is 13.6. The van der Waals surface area contributed by atoms with E-state index >= 15 is 0 Å². The number of hydrogen-bond acceptors (Lipinski definition) is 4. The number of nitrogens with zero attached hydrogens (tertiary/aromatic N) is 1. The number of pyridine rings is 1. The summed E-state index contributed by atoms with van der Waals surface area (Å²) >= 11 is 12.0. The lowest BCUT2D eigenvalue weighted by atomic mass is 9.90. The van der Waals surface area contributed by atoms with Crippen LogP contribution in [0.1, 0.15) is 17.0 Å². The maximum Gasteiger partial charge on any atom is 0.256 e. The van der Waals surface area contributed by atoms with E-state index in [-0.39, 0.29) is 21.2 Å². The van der Waals surface area contributed by atoms with Crippen molar-refractivity contribution in [2.45, 2.75) is 10.8 Å². The number of hydrogen-bond donors (Lipinski definition) is 2. The maximum absolute atomic E-state index is 12.3. The van der Waals surface area contributed by atoms with Gasteiger partial charge in [0.05, 0.1) is 11.6 Å². The first-order valence-corrected chi connectivity index (χ1v) is 10.5. The molecule has 0 aliphatic heterocycles. The SMILES string of the molecule is NC(=O)C(c1ccc(-n2ccc(Cl)cc2=O)c(S(N)(=O)=O)c1)c1ccccc1Cl. The number of rotatable bonds is 5. The zero-order chi connectivity index (χ0) is 21.3. The van der Waals surface area contributed by atoms with Gasteiger partial charge < -0.3 is 5.73 Å². The summed E-state index contributed by atoms with van der Waals surface area (Å²) < 4.78 is 25.6. The molecule has 3 aromatic rings. The standard InChI is InChI=1S/C19H15Cl2N3O4S/c20-12-7-8-24(17(25)10-12)15-6-5-11(9-16(15)29(23,27)28)18(19(22)26)13-3-1-2-4-14(13)21/h1-10,18H,(H2,22,26)(H2,23,27,28). The summed E-state index contributed by atoms with van der Waals surface area (Å²) in [6.45, 7) is 0. The molecule has 7 nitrogen and oxygen atoms in total. The highest BCUT2D eigenvalue weighted by molar-refractivity contribution is 7.89. The molecule has 150 valence electrons. The molecule has 0 saturated heterocycles. The van der Waals surface area contributed by atoms with Gasteiger partial charge in [-0.15, -0.1) is 0 Å². The van der Waals surface area contributed by atoms with Crippen molar-refractivity contribution in [1.29, 1.82) is 0 Å². The van der Waals surface area contributed by atoms with Crippen LogP contribution in [0.3, 0.4) is 0 Å². The Bertz CT molecular complexity index is 1270. The minimum atomic E-state index is -4.26. The van der Waals surface area contributed by atoms with Gasteiger partial charge in [-0.1, -0.05) is 47.5 Å². The number of sulfonamides is 1. The normalized spacial score (nSPS) is 12.5. The Morgan fingerprint density at radius 3 is 2.31 bits per heavy atom. The smallest absolute Gasteiger partial charge is 0.256 e. The lowest BCUT2D eigenvalue weighted by Gasteiger charge is -2.18. The topological polar surface area (TPSA) is 125 Å². The van der Waals surface area contributed by atoms with Crippen LogP contribution in [0.15, 0.2) is 70.5 Å².